The maximum atomic E-state index is 13.2. The Morgan fingerprint density at radius 1 is 1.10 bits per heavy atom. The lowest BCUT2D eigenvalue weighted by Gasteiger charge is -2.33. The van der Waals surface area contributed by atoms with Crippen molar-refractivity contribution in [1.82, 2.24) is 14.9 Å². The van der Waals surface area contributed by atoms with Gasteiger partial charge in [0, 0.05) is 42.2 Å². The normalized spacial score (nSPS) is 13.3. The maximum Gasteiger partial charge on any atom is 0.255 e. The largest absolute Gasteiger partial charge is 0.357 e. The van der Waals surface area contributed by atoms with Crippen molar-refractivity contribution in [1.29, 1.82) is 0 Å². The highest BCUT2D eigenvalue weighted by atomic mass is 35.5. The third kappa shape index (κ3) is 4.39. The Kier molecular flexibility index (Phi) is 6.17. The number of halogens is 2. The molecular formula is C24H24Cl2N4O. The minimum atomic E-state index is -0.113. The lowest BCUT2D eigenvalue weighted by molar-refractivity contribution is 0.0734. The van der Waals surface area contributed by atoms with E-state index in [0.717, 1.165) is 22.6 Å². The fourth-order valence-corrected chi connectivity index (χ4v) is 4.15. The Bertz CT molecular complexity index is 1120. The van der Waals surface area contributed by atoms with Gasteiger partial charge in [-0.3, -0.25) is 4.79 Å². The Morgan fingerprint density at radius 3 is 2.52 bits per heavy atom. The lowest BCUT2D eigenvalue weighted by Crippen LogP contribution is -2.38. The minimum absolute atomic E-state index is 0.113. The number of hydrogen-bond donors (Lipinski definition) is 0. The van der Waals surface area contributed by atoms with Crippen LogP contribution < -0.4 is 4.90 Å². The van der Waals surface area contributed by atoms with Gasteiger partial charge < -0.3 is 9.80 Å². The van der Waals surface area contributed by atoms with Crippen molar-refractivity contribution >= 4 is 34.9 Å². The first-order chi connectivity index (χ1) is 14.8. The number of rotatable bonds is 4. The molecule has 31 heavy (non-hydrogen) atoms. The van der Waals surface area contributed by atoms with Crippen LogP contribution in [-0.2, 0) is 13.0 Å². The second-order valence-electron chi connectivity index (χ2n) is 7.97. The van der Waals surface area contributed by atoms with Crippen LogP contribution in [0.1, 0.15) is 35.5 Å². The van der Waals surface area contributed by atoms with Crippen LogP contribution in [0.2, 0.25) is 10.0 Å². The first kappa shape index (κ1) is 21.6. The van der Waals surface area contributed by atoms with Crippen molar-refractivity contribution in [2.24, 2.45) is 0 Å². The van der Waals surface area contributed by atoms with Crippen molar-refractivity contribution in [2.75, 3.05) is 18.5 Å². The summed E-state index contributed by atoms with van der Waals surface area (Å²) in [5, 5.41) is 0.867. The lowest BCUT2D eigenvalue weighted by atomic mass is 10.0. The molecule has 0 bridgehead atoms. The van der Waals surface area contributed by atoms with Crippen LogP contribution in [0.3, 0.4) is 0 Å². The SMILES string of the molecule is CC(C)N(C)c1nc(-c2ccccc2)nc2c1CN(C(=O)c1ccc(Cl)cc1Cl)CC2. The van der Waals surface area contributed by atoms with Gasteiger partial charge in [0.15, 0.2) is 5.82 Å². The van der Waals surface area contributed by atoms with Crippen LogP contribution in [-0.4, -0.2) is 40.4 Å². The number of anilines is 1. The summed E-state index contributed by atoms with van der Waals surface area (Å²) >= 11 is 12.3. The third-order valence-corrected chi connectivity index (χ3v) is 6.18. The maximum absolute atomic E-state index is 13.2. The summed E-state index contributed by atoms with van der Waals surface area (Å²) in [6.07, 6.45) is 0.660. The molecule has 0 atom stereocenters. The predicted octanol–water partition coefficient (Wildman–Crippen LogP) is 5.49. The summed E-state index contributed by atoms with van der Waals surface area (Å²) < 4.78 is 0. The standard InChI is InChI=1S/C24H24Cl2N4O/c1-15(2)29(3)23-19-14-30(24(31)18-10-9-17(25)13-20(18)26)12-11-21(19)27-22(28-23)16-7-5-4-6-8-16/h4-10,13,15H,11-12,14H2,1-3H3. The Morgan fingerprint density at radius 2 is 1.84 bits per heavy atom. The molecule has 5 nitrogen and oxygen atoms in total. The van der Waals surface area contributed by atoms with Gasteiger partial charge >= 0.3 is 0 Å². The van der Waals surface area contributed by atoms with E-state index >= 15 is 0 Å². The molecule has 0 fully saturated rings. The van der Waals surface area contributed by atoms with Crippen LogP contribution in [0.15, 0.2) is 48.5 Å². The number of aromatic nitrogens is 2. The van der Waals surface area contributed by atoms with Crippen LogP contribution in [0, 0.1) is 0 Å². The van der Waals surface area contributed by atoms with Gasteiger partial charge in [0.2, 0.25) is 0 Å². The van der Waals surface area contributed by atoms with Gasteiger partial charge in [-0.05, 0) is 32.0 Å². The molecular weight excluding hydrogens is 431 g/mol. The molecule has 0 saturated carbocycles. The Labute approximate surface area is 192 Å². The van der Waals surface area contributed by atoms with E-state index < -0.39 is 0 Å². The van der Waals surface area contributed by atoms with Gasteiger partial charge in [0.05, 0.1) is 22.8 Å². The smallest absolute Gasteiger partial charge is 0.255 e. The van der Waals surface area contributed by atoms with E-state index in [-0.39, 0.29) is 11.9 Å². The van der Waals surface area contributed by atoms with Gasteiger partial charge in [0.25, 0.3) is 5.91 Å². The highest BCUT2D eigenvalue weighted by Crippen LogP contribution is 2.31. The minimum Gasteiger partial charge on any atom is -0.357 e. The summed E-state index contributed by atoms with van der Waals surface area (Å²) in [6, 6.07) is 15.2. The molecule has 1 aliphatic rings. The molecule has 0 spiro atoms. The average Bonchev–Trinajstić information content (AvgIpc) is 2.77. The molecule has 160 valence electrons. The molecule has 1 aliphatic heterocycles. The number of benzene rings is 2. The Hall–Kier alpha value is -2.63. The van der Waals surface area contributed by atoms with Crippen LogP contribution in [0.5, 0.6) is 0 Å². The van der Waals surface area contributed by atoms with Crippen LogP contribution in [0.4, 0.5) is 5.82 Å². The molecule has 2 aromatic carbocycles. The van der Waals surface area contributed by atoms with Crippen molar-refractivity contribution in [2.45, 2.75) is 32.9 Å². The zero-order valence-electron chi connectivity index (χ0n) is 17.8. The number of nitrogens with zero attached hydrogens (tertiary/aromatic N) is 4. The molecule has 7 heteroatoms. The molecule has 0 unspecified atom stereocenters. The first-order valence-corrected chi connectivity index (χ1v) is 11.0. The fourth-order valence-electron chi connectivity index (χ4n) is 3.66. The topological polar surface area (TPSA) is 49.3 Å². The fraction of sp³-hybridized carbons (Fsp3) is 0.292. The average molecular weight is 455 g/mol. The monoisotopic (exact) mass is 454 g/mol. The number of fused-ring (bicyclic) bond motifs is 1. The summed E-state index contributed by atoms with van der Waals surface area (Å²) in [6.45, 7) is 5.25. The van der Waals surface area contributed by atoms with Gasteiger partial charge in [-0.25, -0.2) is 9.97 Å². The van der Waals surface area contributed by atoms with E-state index in [1.54, 1.807) is 23.1 Å². The van der Waals surface area contributed by atoms with E-state index in [1.807, 2.05) is 37.4 Å². The number of carbonyl (C=O) groups excluding carboxylic acids is 1. The van der Waals surface area contributed by atoms with Crippen LogP contribution in [0.25, 0.3) is 11.4 Å². The quantitative estimate of drug-likeness (QED) is 0.522. The second kappa shape index (κ2) is 8.85. The molecule has 2 heterocycles. The molecule has 0 saturated heterocycles. The summed E-state index contributed by atoms with van der Waals surface area (Å²) in [7, 11) is 2.03. The van der Waals surface area contributed by atoms with Gasteiger partial charge in [-0.1, -0.05) is 53.5 Å². The summed E-state index contributed by atoms with van der Waals surface area (Å²) in [5.41, 5.74) is 3.41. The highest BCUT2D eigenvalue weighted by Gasteiger charge is 2.29. The molecule has 1 amide bonds. The van der Waals surface area contributed by atoms with Crippen LogP contribution >= 0.6 is 23.2 Å². The molecule has 3 aromatic rings. The number of hydrogen-bond acceptors (Lipinski definition) is 4. The summed E-state index contributed by atoms with van der Waals surface area (Å²) in [4.78, 5) is 26.9. The molecule has 0 N–H and O–H groups in total. The predicted molar refractivity (Wildman–Crippen MR) is 126 cm³/mol. The number of amides is 1. The van der Waals surface area contributed by atoms with Crippen molar-refractivity contribution in [3.05, 3.63) is 75.4 Å². The first-order valence-electron chi connectivity index (χ1n) is 10.3. The Balaban J connectivity index is 1.73. The molecule has 4 rings (SSSR count). The number of carbonyl (C=O) groups is 1. The second-order valence-corrected chi connectivity index (χ2v) is 8.81. The molecule has 0 radical (unpaired) electrons. The van der Waals surface area contributed by atoms with E-state index in [0.29, 0.717) is 40.9 Å². The van der Waals surface area contributed by atoms with Crippen molar-refractivity contribution in [3.8, 4) is 11.4 Å². The van der Waals surface area contributed by atoms with Gasteiger partial charge in [0.1, 0.15) is 5.82 Å². The van der Waals surface area contributed by atoms with E-state index in [4.69, 9.17) is 33.2 Å². The van der Waals surface area contributed by atoms with E-state index in [2.05, 4.69) is 18.7 Å². The van der Waals surface area contributed by atoms with E-state index in [1.165, 1.54) is 0 Å². The zero-order chi connectivity index (χ0) is 22.1. The molecule has 0 aliphatic carbocycles. The van der Waals surface area contributed by atoms with Gasteiger partial charge in [-0.2, -0.15) is 0 Å². The molecule has 1 aromatic heterocycles. The van der Waals surface area contributed by atoms with Crippen molar-refractivity contribution < 1.29 is 4.79 Å². The zero-order valence-corrected chi connectivity index (χ0v) is 19.3. The van der Waals surface area contributed by atoms with Gasteiger partial charge in [-0.15, -0.1) is 0 Å². The van der Waals surface area contributed by atoms with E-state index in [9.17, 15) is 4.79 Å². The van der Waals surface area contributed by atoms with Crippen molar-refractivity contribution in [3.63, 3.8) is 0 Å². The third-order valence-electron chi connectivity index (χ3n) is 5.63. The highest BCUT2D eigenvalue weighted by molar-refractivity contribution is 6.36. The summed E-state index contributed by atoms with van der Waals surface area (Å²) in [5.74, 6) is 1.46.